The molecular weight excluding hydrogens is 254 g/mol. The highest BCUT2D eigenvalue weighted by atomic mass is 35.5. The van der Waals surface area contributed by atoms with Crippen LogP contribution in [0.3, 0.4) is 0 Å². The maximum absolute atomic E-state index is 5.87. The van der Waals surface area contributed by atoms with Gasteiger partial charge in [-0.1, -0.05) is 24.1 Å². The van der Waals surface area contributed by atoms with E-state index in [1.54, 1.807) is 0 Å². The highest BCUT2D eigenvalue weighted by Crippen LogP contribution is 2.18. The third-order valence-electron chi connectivity index (χ3n) is 3.77. The number of nitrogens with zero attached hydrogens (tertiary/aromatic N) is 1. The molecule has 1 nitrogen and oxygen atoms in total. The Kier molecular flexibility index (Phi) is 5.07. The minimum absolute atomic E-state index is 0.761. The third-order valence-corrected chi connectivity index (χ3v) is 4.02. The Morgan fingerprint density at radius 3 is 2.47 bits per heavy atom. The molecule has 1 aromatic carbocycles. The van der Waals surface area contributed by atoms with Gasteiger partial charge in [-0.05, 0) is 55.5 Å². The zero-order chi connectivity index (χ0) is 13.6. The van der Waals surface area contributed by atoms with Gasteiger partial charge in [-0.3, -0.25) is 0 Å². The van der Waals surface area contributed by atoms with Gasteiger partial charge in [-0.15, -0.1) is 0 Å². The monoisotopic (exact) mass is 274 g/mol. The topological polar surface area (TPSA) is 0 Å². The first-order chi connectivity index (χ1) is 9.24. The molecule has 0 aromatic heterocycles. The lowest BCUT2D eigenvalue weighted by molar-refractivity contribution is -0.920. The minimum atomic E-state index is 0.761. The molecular formula is C17H21ClN+. The number of benzene rings is 1. The summed E-state index contributed by atoms with van der Waals surface area (Å²) in [6, 6.07) is 7.73. The Morgan fingerprint density at radius 2 is 1.84 bits per heavy atom. The van der Waals surface area contributed by atoms with Crippen molar-refractivity contribution < 1.29 is 4.48 Å². The number of likely N-dealkylation sites (tertiary alicyclic amines) is 1. The molecule has 0 aliphatic carbocycles. The van der Waals surface area contributed by atoms with Crippen LogP contribution in [0.25, 0.3) is 0 Å². The average Bonchev–Trinajstić information content (AvgIpc) is 2.42. The summed E-state index contributed by atoms with van der Waals surface area (Å²) < 4.78 is 1.09. The molecule has 1 fully saturated rings. The second-order valence-electron chi connectivity index (χ2n) is 5.29. The largest absolute Gasteiger partial charge is 0.310 e. The average molecular weight is 275 g/mol. The summed E-state index contributed by atoms with van der Waals surface area (Å²) in [6.45, 7) is 8.33. The minimum Gasteiger partial charge on any atom is -0.310 e. The zero-order valence-corrected chi connectivity index (χ0v) is 12.1. The summed E-state index contributed by atoms with van der Waals surface area (Å²) in [5.41, 5.74) is 1.04. The van der Waals surface area contributed by atoms with Gasteiger partial charge >= 0.3 is 0 Å². The van der Waals surface area contributed by atoms with Crippen molar-refractivity contribution in [2.75, 3.05) is 26.2 Å². The van der Waals surface area contributed by atoms with Crippen molar-refractivity contribution in [1.29, 1.82) is 0 Å². The number of piperidine rings is 1. The quantitative estimate of drug-likeness (QED) is 0.446. The smallest absolute Gasteiger partial charge is 0.141 e. The van der Waals surface area contributed by atoms with Gasteiger partial charge in [0, 0.05) is 10.6 Å². The first kappa shape index (κ1) is 14.2. The van der Waals surface area contributed by atoms with Crippen molar-refractivity contribution in [2.24, 2.45) is 0 Å². The third kappa shape index (κ3) is 4.13. The van der Waals surface area contributed by atoms with Crippen LogP contribution in [0, 0.1) is 11.8 Å². The summed E-state index contributed by atoms with van der Waals surface area (Å²) in [7, 11) is 0. The van der Waals surface area contributed by atoms with E-state index in [-0.39, 0.29) is 0 Å². The molecule has 0 unspecified atom stereocenters. The van der Waals surface area contributed by atoms with Crippen LogP contribution in [0.2, 0.25) is 5.02 Å². The van der Waals surface area contributed by atoms with Crippen LogP contribution in [0.1, 0.15) is 24.8 Å². The van der Waals surface area contributed by atoms with Crippen LogP contribution in [0.5, 0.6) is 0 Å². The molecule has 0 radical (unpaired) electrons. The zero-order valence-electron chi connectivity index (χ0n) is 11.4. The number of hydrogen-bond donors (Lipinski definition) is 0. The van der Waals surface area contributed by atoms with Gasteiger partial charge < -0.3 is 4.48 Å². The summed E-state index contributed by atoms with van der Waals surface area (Å²) in [5.74, 6) is 6.59. The fourth-order valence-corrected chi connectivity index (χ4v) is 2.83. The fourth-order valence-electron chi connectivity index (χ4n) is 2.70. The van der Waals surface area contributed by atoms with E-state index >= 15 is 0 Å². The van der Waals surface area contributed by atoms with Gasteiger partial charge in [0.15, 0.2) is 0 Å². The number of halogens is 1. The first-order valence-corrected chi connectivity index (χ1v) is 7.32. The van der Waals surface area contributed by atoms with E-state index < -0.39 is 0 Å². The number of quaternary nitrogens is 1. The van der Waals surface area contributed by atoms with Crippen LogP contribution in [0.15, 0.2) is 36.9 Å². The van der Waals surface area contributed by atoms with E-state index in [2.05, 4.69) is 18.4 Å². The lowest BCUT2D eigenvalue weighted by atomic mass is 10.1. The maximum Gasteiger partial charge on any atom is 0.141 e. The second kappa shape index (κ2) is 6.80. The van der Waals surface area contributed by atoms with Crippen LogP contribution in [-0.2, 0) is 0 Å². The molecule has 0 spiro atoms. The van der Waals surface area contributed by atoms with Crippen LogP contribution >= 0.6 is 11.6 Å². The Balaban J connectivity index is 2.02. The second-order valence-corrected chi connectivity index (χ2v) is 5.72. The van der Waals surface area contributed by atoms with Crippen molar-refractivity contribution in [3.8, 4) is 11.8 Å². The molecule has 0 saturated carbocycles. The highest BCUT2D eigenvalue weighted by Gasteiger charge is 2.27. The molecule has 2 rings (SSSR count). The molecule has 0 N–H and O–H groups in total. The molecule has 100 valence electrons. The van der Waals surface area contributed by atoms with Crippen molar-refractivity contribution >= 4 is 11.6 Å². The van der Waals surface area contributed by atoms with Crippen molar-refractivity contribution in [2.45, 2.75) is 19.3 Å². The molecule has 0 amide bonds. The first-order valence-electron chi connectivity index (χ1n) is 6.95. The maximum atomic E-state index is 5.87. The molecule has 1 aromatic rings. The fraction of sp³-hybridized carbons (Fsp3) is 0.412. The van der Waals surface area contributed by atoms with Crippen molar-refractivity contribution in [1.82, 2.24) is 0 Å². The van der Waals surface area contributed by atoms with Gasteiger partial charge in [-0.2, -0.15) is 0 Å². The molecule has 2 heteroatoms. The van der Waals surface area contributed by atoms with Gasteiger partial charge in [-0.25, -0.2) is 0 Å². The van der Waals surface area contributed by atoms with E-state index in [0.717, 1.165) is 28.2 Å². The lowest BCUT2D eigenvalue weighted by Crippen LogP contribution is -2.51. The predicted molar refractivity (Wildman–Crippen MR) is 82.1 cm³/mol. The highest BCUT2D eigenvalue weighted by molar-refractivity contribution is 6.30. The standard InChI is InChI=1S/C17H21ClN/c1-2-12-19(13-4-3-5-14-19)15-6-7-16-8-10-17(18)11-9-16/h2,8-11H,1,3-5,12-15H2/q+1. The van der Waals surface area contributed by atoms with Crippen molar-refractivity contribution in [3.05, 3.63) is 47.5 Å². The molecule has 1 aliphatic heterocycles. The number of rotatable bonds is 3. The normalized spacial score (nSPS) is 17.3. The molecule has 0 bridgehead atoms. The summed E-state index contributed by atoms with van der Waals surface area (Å²) in [5, 5.41) is 0.761. The van der Waals surface area contributed by atoms with Gasteiger partial charge in [0.05, 0.1) is 19.6 Å². The van der Waals surface area contributed by atoms with E-state index in [1.165, 1.54) is 32.4 Å². The predicted octanol–water partition coefficient (Wildman–Crippen LogP) is 3.88. The van der Waals surface area contributed by atoms with Crippen LogP contribution < -0.4 is 0 Å². The van der Waals surface area contributed by atoms with E-state index in [4.69, 9.17) is 11.6 Å². The van der Waals surface area contributed by atoms with Gasteiger partial charge in [0.1, 0.15) is 6.54 Å². The molecule has 19 heavy (non-hydrogen) atoms. The SMILES string of the molecule is C=CC[N+]1(CC#Cc2ccc(Cl)cc2)CCCCC1. The lowest BCUT2D eigenvalue weighted by Gasteiger charge is -2.39. The molecule has 0 atom stereocenters. The molecule has 1 aliphatic rings. The Bertz CT molecular complexity index is 472. The van der Waals surface area contributed by atoms with E-state index in [9.17, 15) is 0 Å². The van der Waals surface area contributed by atoms with Crippen molar-refractivity contribution in [3.63, 3.8) is 0 Å². The Hall–Kier alpha value is -1.23. The Labute approximate surface area is 121 Å². The van der Waals surface area contributed by atoms with Crippen LogP contribution in [-0.4, -0.2) is 30.7 Å². The van der Waals surface area contributed by atoms with Crippen LogP contribution in [0.4, 0.5) is 0 Å². The molecule has 1 heterocycles. The van der Waals surface area contributed by atoms with Gasteiger partial charge in [0.2, 0.25) is 0 Å². The summed E-state index contributed by atoms with van der Waals surface area (Å²) in [6.07, 6.45) is 6.03. The summed E-state index contributed by atoms with van der Waals surface area (Å²) >= 11 is 5.87. The van der Waals surface area contributed by atoms with E-state index in [0.29, 0.717) is 0 Å². The van der Waals surface area contributed by atoms with E-state index in [1.807, 2.05) is 30.3 Å². The summed E-state index contributed by atoms with van der Waals surface area (Å²) in [4.78, 5) is 0. The molecule has 1 saturated heterocycles. The van der Waals surface area contributed by atoms with Gasteiger partial charge in [0.25, 0.3) is 0 Å². The Morgan fingerprint density at radius 1 is 1.16 bits per heavy atom. The number of hydrogen-bond acceptors (Lipinski definition) is 0.